The number of carbonyl (C=O) groups excluding carboxylic acids is 1. The van der Waals surface area contributed by atoms with Gasteiger partial charge in [0.1, 0.15) is 0 Å². The van der Waals surface area contributed by atoms with Gasteiger partial charge >= 0.3 is 0 Å². The van der Waals surface area contributed by atoms with Crippen LogP contribution in [0.2, 0.25) is 0 Å². The molecular weight excluding hydrogens is 270 g/mol. The predicted molar refractivity (Wildman–Crippen MR) is 77.7 cm³/mol. The van der Waals surface area contributed by atoms with Crippen molar-refractivity contribution in [3.05, 3.63) is 64.3 Å². The second-order valence-electron chi connectivity index (χ2n) is 4.63. The van der Waals surface area contributed by atoms with E-state index in [1.165, 1.54) is 19.1 Å². The molecule has 0 amide bonds. The summed E-state index contributed by atoms with van der Waals surface area (Å²) in [5, 5.41) is 16.2. The first kappa shape index (κ1) is 13.0. The molecule has 104 valence electrons. The number of rotatable bonds is 3. The third kappa shape index (κ3) is 2.16. The fourth-order valence-corrected chi connectivity index (χ4v) is 2.27. The van der Waals surface area contributed by atoms with Crippen molar-refractivity contribution in [3.8, 4) is 5.69 Å². The van der Waals surface area contributed by atoms with Crippen molar-refractivity contribution >= 4 is 22.4 Å². The fraction of sp³-hybridized carbons (Fsp3) is 0.0667. The molecule has 2 aromatic carbocycles. The summed E-state index contributed by atoms with van der Waals surface area (Å²) in [6.07, 6.45) is 1.71. The van der Waals surface area contributed by atoms with E-state index in [2.05, 4.69) is 5.10 Å². The molecule has 0 aliphatic rings. The van der Waals surface area contributed by atoms with E-state index in [0.29, 0.717) is 5.69 Å². The largest absolute Gasteiger partial charge is 0.294 e. The first-order valence-corrected chi connectivity index (χ1v) is 6.30. The zero-order chi connectivity index (χ0) is 15.0. The second kappa shape index (κ2) is 4.82. The Kier molecular flexibility index (Phi) is 2.98. The molecule has 0 aliphatic carbocycles. The number of fused-ring (bicyclic) bond motifs is 1. The molecule has 0 fully saturated rings. The SMILES string of the molecule is CC(=O)c1cc(-n2ncc3ccccc32)ccc1[N+](=O)[O-]. The molecule has 3 aromatic rings. The van der Waals surface area contributed by atoms with E-state index in [-0.39, 0.29) is 17.0 Å². The Bertz CT molecular complexity index is 867. The number of hydrogen-bond acceptors (Lipinski definition) is 4. The van der Waals surface area contributed by atoms with Crippen molar-refractivity contribution in [3.63, 3.8) is 0 Å². The minimum atomic E-state index is -0.554. The van der Waals surface area contributed by atoms with Crippen LogP contribution in [-0.2, 0) is 0 Å². The minimum absolute atomic E-state index is 0.0806. The Morgan fingerprint density at radius 3 is 2.71 bits per heavy atom. The summed E-state index contributed by atoms with van der Waals surface area (Å²) in [7, 11) is 0. The van der Waals surface area contributed by atoms with E-state index in [4.69, 9.17) is 0 Å². The third-order valence-electron chi connectivity index (χ3n) is 3.28. The highest BCUT2D eigenvalue weighted by Gasteiger charge is 2.18. The van der Waals surface area contributed by atoms with Crippen molar-refractivity contribution in [2.75, 3.05) is 0 Å². The van der Waals surface area contributed by atoms with Crippen LogP contribution < -0.4 is 0 Å². The van der Waals surface area contributed by atoms with Gasteiger partial charge in [-0.1, -0.05) is 18.2 Å². The topological polar surface area (TPSA) is 78.0 Å². The zero-order valence-corrected chi connectivity index (χ0v) is 11.2. The summed E-state index contributed by atoms with van der Waals surface area (Å²) in [4.78, 5) is 22.0. The van der Waals surface area contributed by atoms with Gasteiger partial charge in [0.05, 0.1) is 27.9 Å². The lowest BCUT2D eigenvalue weighted by Gasteiger charge is -2.06. The maximum absolute atomic E-state index is 11.6. The Labute approximate surface area is 119 Å². The van der Waals surface area contributed by atoms with E-state index in [9.17, 15) is 14.9 Å². The highest BCUT2D eigenvalue weighted by molar-refractivity contribution is 5.98. The number of Topliss-reactive ketones (excluding diaryl/α,β-unsaturated/α-hetero) is 1. The lowest BCUT2D eigenvalue weighted by Crippen LogP contribution is -2.03. The molecule has 0 atom stereocenters. The van der Waals surface area contributed by atoms with Gasteiger partial charge in [-0.2, -0.15) is 5.10 Å². The predicted octanol–water partition coefficient (Wildman–Crippen LogP) is 3.14. The summed E-state index contributed by atoms with van der Waals surface area (Å²) in [5.74, 6) is -0.347. The van der Waals surface area contributed by atoms with E-state index >= 15 is 0 Å². The molecule has 0 unspecified atom stereocenters. The van der Waals surface area contributed by atoms with E-state index in [0.717, 1.165) is 10.9 Å². The van der Waals surface area contributed by atoms with Gasteiger partial charge < -0.3 is 0 Å². The van der Waals surface area contributed by atoms with Crippen LogP contribution in [-0.4, -0.2) is 20.5 Å². The highest BCUT2D eigenvalue weighted by atomic mass is 16.6. The lowest BCUT2D eigenvalue weighted by atomic mass is 10.1. The van der Waals surface area contributed by atoms with E-state index in [1.54, 1.807) is 16.9 Å². The van der Waals surface area contributed by atoms with Gasteiger partial charge in [0.15, 0.2) is 5.78 Å². The fourth-order valence-electron chi connectivity index (χ4n) is 2.27. The monoisotopic (exact) mass is 281 g/mol. The van der Waals surface area contributed by atoms with Crippen molar-refractivity contribution in [1.82, 2.24) is 9.78 Å². The molecule has 21 heavy (non-hydrogen) atoms. The summed E-state index contributed by atoms with van der Waals surface area (Å²) < 4.78 is 1.66. The number of para-hydroxylation sites is 1. The highest BCUT2D eigenvalue weighted by Crippen LogP contribution is 2.24. The molecule has 0 spiro atoms. The van der Waals surface area contributed by atoms with Crippen molar-refractivity contribution in [2.45, 2.75) is 6.92 Å². The molecule has 3 rings (SSSR count). The molecule has 0 saturated heterocycles. The number of aromatic nitrogens is 2. The van der Waals surface area contributed by atoms with Crippen LogP contribution in [0.5, 0.6) is 0 Å². The Hall–Kier alpha value is -3.02. The van der Waals surface area contributed by atoms with Crippen molar-refractivity contribution < 1.29 is 9.72 Å². The molecular formula is C15H11N3O3. The van der Waals surface area contributed by atoms with Crippen LogP contribution in [0.3, 0.4) is 0 Å². The first-order valence-electron chi connectivity index (χ1n) is 6.30. The quantitative estimate of drug-likeness (QED) is 0.419. The van der Waals surface area contributed by atoms with Gasteiger partial charge in [-0.25, -0.2) is 4.68 Å². The smallest absolute Gasteiger partial charge is 0.280 e. The number of benzene rings is 2. The first-order chi connectivity index (χ1) is 10.1. The molecule has 0 N–H and O–H groups in total. The summed E-state index contributed by atoms with van der Waals surface area (Å²) in [6, 6.07) is 12.0. The molecule has 0 radical (unpaired) electrons. The van der Waals surface area contributed by atoms with Crippen LogP contribution in [0.1, 0.15) is 17.3 Å². The third-order valence-corrected chi connectivity index (χ3v) is 3.28. The number of nitro benzene ring substituents is 1. The molecule has 6 heteroatoms. The standard InChI is InChI=1S/C15H11N3O3/c1-10(19)13-8-12(6-7-15(13)18(20)21)17-14-5-3-2-4-11(14)9-16-17/h2-9H,1H3. The summed E-state index contributed by atoms with van der Waals surface area (Å²) in [5.41, 5.74) is 1.38. The maximum Gasteiger partial charge on any atom is 0.280 e. The van der Waals surface area contributed by atoms with Gasteiger partial charge in [-0.3, -0.25) is 14.9 Å². The summed E-state index contributed by atoms with van der Waals surface area (Å²) >= 11 is 0. The number of nitro groups is 1. The van der Waals surface area contributed by atoms with Gasteiger partial charge in [-0.15, -0.1) is 0 Å². The number of carbonyl (C=O) groups is 1. The summed E-state index contributed by atoms with van der Waals surface area (Å²) in [6.45, 7) is 1.31. The molecule has 0 aliphatic heterocycles. The van der Waals surface area contributed by atoms with Crippen LogP contribution in [0.15, 0.2) is 48.7 Å². The molecule has 0 bridgehead atoms. The molecule has 1 heterocycles. The normalized spacial score (nSPS) is 10.7. The lowest BCUT2D eigenvalue weighted by molar-refractivity contribution is -0.385. The number of ketones is 1. The average molecular weight is 281 g/mol. The second-order valence-corrected chi connectivity index (χ2v) is 4.63. The maximum atomic E-state index is 11.6. The molecule has 1 aromatic heterocycles. The van der Waals surface area contributed by atoms with Crippen LogP contribution in [0, 0.1) is 10.1 Å². The van der Waals surface area contributed by atoms with Gasteiger partial charge in [-0.05, 0) is 25.1 Å². The number of hydrogen-bond donors (Lipinski definition) is 0. The van der Waals surface area contributed by atoms with Gasteiger partial charge in [0, 0.05) is 11.5 Å². The number of nitrogens with zero attached hydrogens (tertiary/aromatic N) is 3. The van der Waals surface area contributed by atoms with Gasteiger partial charge in [0.25, 0.3) is 5.69 Å². The molecule has 6 nitrogen and oxygen atoms in total. The van der Waals surface area contributed by atoms with E-state index < -0.39 is 4.92 Å². The zero-order valence-electron chi connectivity index (χ0n) is 11.2. The van der Waals surface area contributed by atoms with Crippen LogP contribution in [0.4, 0.5) is 5.69 Å². The van der Waals surface area contributed by atoms with Gasteiger partial charge in [0.2, 0.25) is 0 Å². The van der Waals surface area contributed by atoms with Crippen molar-refractivity contribution in [1.29, 1.82) is 0 Å². The Morgan fingerprint density at radius 1 is 1.24 bits per heavy atom. The van der Waals surface area contributed by atoms with Crippen molar-refractivity contribution in [2.24, 2.45) is 0 Å². The van der Waals surface area contributed by atoms with Crippen LogP contribution in [0.25, 0.3) is 16.6 Å². The minimum Gasteiger partial charge on any atom is -0.294 e. The van der Waals surface area contributed by atoms with E-state index in [1.807, 2.05) is 24.3 Å². The molecule has 0 saturated carbocycles. The Balaban J connectivity index is 2.22. The average Bonchev–Trinajstić information content (AvgIpc) is 2.90. The Morgan fingerprint density at radius 2 is 2.00 bits per heavy atom. The van der Waals surface area contributed by atoms with Crippen LogP contribution >= 0.6 is 0 Å².